The Morgan fingerprint density at radius 2 is 1.93 bits per heavy atom. The number of nitrogens with zero attached hydrogens (tertiary/aromatic N) is 5. The van der Waals surface area contributed by atoms with Crippen molar-refractivity contribution in [3.8, 4) is 11.1 Å². The van der Waals surface area contributed by atoms with Gasteiger partial charge in [-0.15, -0.1) is 0 Å². The Balaban J connectivity index is 1.41. The zero-order chi connectivity index (χ0) is 19.0. The summed E-state index contributed by atoms with van der Waals surface area (Å²) in [5.41, 5.74) is 2.67. The van der Waals surface area contributed by atoms with Gasteiger partial charge in [-0.2, -0.15) is 5.10 Å². The van der Waals surface area contributed by atoms with E-state index in [1.807, 2.05) is 48.3 Å². The third-order valence-electron chi connectivity index (χ3n) is 4.81. The fourth-order valence-corrected chi connectivity index (χ4v) is 3.42. The molecule has 7 heteroatoms. The summed E-state index contributed by atoms with van der Waals surface area (Å²) in [5, 5.41) is 4.57. The minimum Gasteiger partial charge on any atom is -0.444 e. The van der Waals surface area contributed by atoms with Gasteiger partial charge in [0.05, 0.1) is 12.2 Å². The second kappa shape index (κ2) is 6.72. The Labute approximate surface area is 158 Å². The molecule has 1 aliphatic rings. The number of ether oxygens (including phenoxy) is 1. The lowest BCUT2D eigenvalue weighted by molar-refractivity contribution is 0.0185. The molecule has 0 unspecified atom stereocenters. The van der Waals surface area contributed by atoms with Crippen LogP contribution in [-0.2, 0) is 4.74 Å². The van der Waals surface area contributed by atoms with E-state index in [-0.39, 0.29) is 6.09 Å². The van der Waals surface area contributed by atoms with E-state index < -0.39 is 5.60 Å². The predicted octanol–water partition coefficient (Wildman–Crippen LogP) is 3.77. The maximum atomic E-state index is 12.2. The van der Waals surface area contributed by atoms with Crippen molar-refractivity contribution < 1.29 is 9.53 Å². The number of carbonyl (C=O) groups excluding carboxylic acids is 1. The van der Waals surface area contributed by atoms with Gasteiger partial charge in [-0.3, -0.25) is 4.68 Å². The number of likely N-dealkylation sites (tertiary alicyclic amines) is 1. The smallest absolute Gasteiger partial charge is 0.410 e. The molecular weight excluding hydrogens is 342 g/mol. The van der Waals surface area contributed by atoms with Gasteiger partial charge < -0.3 is 14.0 Å². The van der Waals surface area contributed by atoms with Gasteiger partial charge in [-0.05, 0) is 45.7 Å². The highest BCUT2D eigenvalue weighted by Gasteiger charge is 2.27. The molecule has 4 rings (SSSR count). The second-order valence-electron chi connectivity index (χ2n) is 8.02. The maximum absolute atomic E-state index is 12.2. The standard InChI is InChI=1S/C20H25N5O2/c1-20(2,3)27-19(26)23-9-6-17(7-10-23)25-14-16(12-22-25)15-4-5-18-21-8-11-24(18)13-15/h4-5,8,11-14,17H,6-7,9-10H2,1-3H3. The van der Waals surface area contributed by atoms with Gasteiger partial charge in [0.1, 0.15) is 11.2 Å². The topological polar surface area (TPSA) is 64.7 Å². The summed E-state index contributed by atoms with van der Waals surface area (Å²) >= 11 is 0. The number of hydrogen-bond acceptors (Lipinski definition) is 4. The largest absolute Gasteiger partial charge is 0.444 e. The number of amides is 1. The fraction of sp³-hybridized carbons (Fsp3) is 0.450. The van der Waals surface area contributed by atoms with E-state index in [4.69, 9.17) is 4.74 Å². The van der Waals surface area contributed by atoms with Crippen molar-refractivity contribution >= 4 is 11.7 Å². The molecule has 0 N–H and O–H groups in total. The van der Waals surface area contributed by atoms with Gasteiger partial charge in [0.25, 0.3) is 0 Å². The average Bonchev–Trinajstić information content (AvgIpc) is 3.29. The summed E-state index contributed by atoms with van der Waals surface area (Å²) in [6.45, 7) is 7.06. The molecule has 3 aromatic rings. The van der Waals surface area contributed by atoms with E-state index in [1.165, 1.54) is 0 Å². The molecule has 4 heterocycles. The number of pyridine rings is 1. The van der Waals surface area contributed by atoms with Crippen molar-refractivity contribution in [3.63, 3.8) is 0 Å². The van der Waals surface area contributed by atoms with E-state index in [2.05, 4.69) is 28.5 Å². The van der Waals surface area contributed by atoms with E-state index >= 15 is 0 Å². The number of carbonyl (C=O) groups is 1. The molecule has 3 aromatic heterocycles. The second-order valence-corrected chi connectivity index (χ2v) is 8.02. The predicted molar refractivity (Wildman–Crippen MR) is 102 cm³/mol. The van der Waals surface area contributed by atoms with Gasteiger partial charge in [0.15, 0.2) is 0 Å². The third-order valence-corrected chi connectivity index (χ3v) is 4.81. The van der Waals surface area contributed by atoms with Crippen molar-refractivity contribution in [2.75, 3.05) is 13.1 Å². The lowest BCUT2D eigenvalue weighted by Crippen LogP contribution is -2.42. The summed E-state index contributed by atoms with van der Waals surface area (Å²) < 4.78 is 9.50. The molecule has 7 nitrogen and oxygen atoms in total. The SMILES string of the molecule is CC(C)(C)OC(=O)N1CCC(n2cc(-c3ccc4nccn4c3)cn2)CC1. The van der Waals surface area contributed by atoms with Crippen LogP contribution in [0.5, 0.6) is 0 Å². The Morgan fingerprint density at radius 3 is 2.67 bits per heavy atom. The van der Waals surface area contributed by atoms with Crippen molar-refractivity contribution in [3.05, 3.63) is 43.1 Å². The molecule has 1 fully saturated rings. The van der Waals surface area contributed by atoms with Crippen LogP contribution in [0.25, 0.3) is 16.8 Å². The normalized spacial score (nSPS) is 16.0. The quantitative estimate of drug-likeness (QED) is 0.692. The number of fused-ring (bicyclic) bond motifs is 1. The van der Waals surface area contributed by atoms with E-state index in [1.54, 1.807) is 11.1 Å². The summed E-state index contributed by atoms with van der Waals surface area (Å²) in [4.78, 5) is 18.3. The molecule has 0 saturated carbocycles. The van der Waals surface area contributed by atoms with E-state index in [9.17, 15) is 4.79 Å². The first-order chi connectivity index (χ1) is 12.9. The molecule has 1 amide bonds. The molecular formula is C20H25N5O2. The minimum absolute atomic E-state index is 0.226. The van der Waals surface area contributed by atoms with Crippen LogP contribution in [0.3, 0.4) is 0 Å². The Morgan fingerprint density at radius 1 is 1.15 bits per heavy atom. The molecule has 1 saturated heterocycles. The lowest BCUT2D eigenvalue weighted by atomic mass is 10.1. The first-order valence-electron chi connectivity index (χ1n) is 9.34. The fourth-order valence-electron chi connectivity index (χ4n) is 3.42. The van der Waals surface area contributed by atoms with Crippen LogP contribution in [0.1, 0.15) is 39.7 Å². The Hall–Kier alpha value is -2.83. The maximum Gasteiger partial charge on any atom is 0.410 e. The molecule has 0 spiro atoms. The van der Waals surface area contributed by atoms with E-state index in [0.29, 0.717) is 19.1 Å². The van der Waals surface area contributed by atoms with Gasteiger partial charge in [-0.1, -0.05) is 0 Å². The van der Waals surface area contributed by atoms with Crippen molar-refractivity contribution in [2.45, 2.75) is 45.3 Å². The van der Waals surface area contributed by atoms with Gasteiger partial charge in [-0.25, -0.2) is 9.78 Å². The third kappa shape index (κ3) is 3.82. The number of aromatic nitrogens is 4. The van der Waals surface area contributed by atoms with Crippen LogP contribution in [0.2, 0.25) is 0 Å². The zero-order valence-corrected chi connectivity index (χ0v) is 16.0. The molecule has 0 bridgehead atoms. The molecule has 0 radical (unpaired) electrons. The van der Waals surface area contributed by atoms with Crippen LogP contribution in [-0.4, -0.2) is 48.8 Å². The summed E-state index contributed by atoms with van der Waals surface area (Å²) in [5.74, 6) is 0. The van der Waals surface area contributed by atoms with Crippen molar-refractivity contribution in [1.29, 1.82) is 0 Å². The average molecular weight is 367 g/mol. The number of imidazole rings is 1. The first kappa shape index (κ1) is 17.6. The number of rotatable bonds is 2. The summed E-state index contributed by atoms with van der Waals surface area (Å²) in [6.07, 6.45) is 11.3. The highest BCUT2D eigenvalue weighted by atomic mass is 16.6. The molecule has 27 heavy (non-hydrogen) atoms. The van der Waals surface area contributed by atoms with Crippen molar-refractivity contribution in [2.24, 2.45) is 0 Å². The van der Waals surface area contributed by atoms with Crippen LogP contribution >= 0.6 is 0 Å². The van der Waals surface area contributed by atoms with E-state index in [0.717, 1.165) is 29.6 Å². The van der Waals surface area contributed by atoms with Crippen LogP contribution in [0.15, 0.2) is 43.1 Å². The monoisotopic (exact) mass is 367 g/mol. The van der Waals surface area contributed by atoms with Crippen LogP contribution in [0.4, 0.5) is 4.79 Å². The molecule has 1 aliphatic heterocycles. The highest BCUT2D eigenvalue weighted by molar-refractivity contribution is 5.68. The van der Waals surface area contributed by atoms with Gasteiger partial charge in [0, 0.05) is 49.0 Å². The molecule has 142 valence electrons. The summed E-state index contributed by atoms with van der Waals surface area (Å²) in [7, 11) is 0. The van der Waals surface area contributed by atoms with Crippen LogP contribution < -0.4 is 0 Å². The van der Waals surface area contributed by atoms with Gasteiger partial charge in [0.2, 0.25) is 0 Å². The minimum atomic E-state index is -0.457. The zero-order valence-electron chi connectivity index (χ0n) is 16.0. The highest BCUT2D eigenvalue weighted by Crippen LogP contribution is 2.26. The first-order valence-corrected chi connectivity index (χ1v) is 9.34. The van der Waals surface area contributed by atoms with Gasteiger partial charge >= 0.3 is 6.09 Å². The summed E-state index contributed by atoms with van der Waals surface area (Å²) in [6, 6.07) is 4.37. The Kier molecular flexibility index (Phi) is 4.37. The molecule has 0 aromatic carbocycles. The van der Waals surface area contributed by atoms with Crippen molar-refractivity contribution in [1.82, 2.24) is 24.1 Å². The lowest BCUT2D eigenvalue weighted by Gasteiger charge is -2.33. The number of piperidine rings is 1. The Bertz CT molecular complexity index is 945. The number of hydrogen-bond donors (Lipinski definition) is 0. The van der Waals surface area contributed by atoms with Crippen LogP contribution in [0, 0.1) is 0 Å². The molecule has 0 atom stereocenters. The molecule has 0 aliphatic carbocycles.